The van der Waals surface area contributed by atoms with Crippen LogP contribution in [0.4, 0.5) is 0 Å². The van der Waals surface area contributed by atoms with Crippen LogP contribution >= 0.6 is 0 Å². The molecule has 2 unspecified atom stereocenters. The van der Waals surface area contributed by atoms with Crippen LogP contribution in [0.15, 0.2) is 0 Å². The molecule has 0 aliphatic carbocycles. The fourth-order valence-electron chi connectivity index (χ4n) is 1.76. The van der Waals surface area contributed by atoms with E-state index in [1.807, 2.05) is 0 Å². The second-order valence-corrected chi connectivity index (χ2v) is 4.54. The Bertz CT molecular complexity index is 134. The van der Waals surface area contributed by atoms with Gasteiger partial charge in [0.05, 0.1) is 0 Å². The minimum Gasteiger partial charge on any atom is -0.315 e. The van der Waals surface area contributed by atoms with E-state index in [0.717, 1.165) is 13.1 Å². The molecule has 1 N–H and O–H groups in total. The van der Waals surface area contributed by atoms with Gasteiger partial charge in [-0.15, -0.1) is 0 Å². The molecule has 2 atom stereocenters. The van der Waals surface area contributed by atoms with Crippen molar-refractivity contribution < 1.29 is 0 Å². The van der Waals surface area contributed by atoms with Crippen LogP contribution in [0.2, 0.25) is 0 Å². The molecular formula is C12H28N2. The van der Waals surface area contributed by atoms with Crippen molar-refractivity contribution in [2.24, 2.45) is 5.92 Å². The molecule has 0 aromatic rings. The SMILES string of the molecule is CCNCC(C(C)C)N(C)C(C)CC. The standard InChI is InChI=1S/C12H28N2/c1-7-11(5)14(6)12(10(3)4)9-13-8-2/h10-13H,7-9H2,1-6H3. The Hall–Kier alpha value is -0.0800. The number of rotatable bonds is 7. The lowest BCUT2D eigenvalue weighted by atomic mass is 10.0. The van der Waals surface area contributed by atoms with Gasteiger partial charge in [-0.05, 0) is 32.9 Å². The summed E-state index contributed by atoms with van der Waals surface area (Å²) in [7, 11) is 2.25. The first-order valence-corrected chi connectivity index (χ1v) is 5.97. The lowest BCUT2D eigenvalue weighted by Gasteiger charge is -2.35. The van der Waals surface area contributed by atoms with Crippen LogP contribution in [0.5, 0.6) is 0 Å². The monoisotopic (exact) mass is 200 g/mol. The van der Waals surface area contributed by atoms with Crippen LogP contribution in [0.3, 0.4) is 0 Å². The molecule has 14 heavy (non-hydrogen) atoms. The summed E-state index contributed by atoms with van der Waals surface area (Å²) >= 11 is 0. The highest BCUT2D eigenvalue weighted by molar-refractivity contribution is 4.77. The topological polar surface area (TPSA) is 15.3 Å². The summed E-state index contributed by atoms with van der Waals surface area (Å²) in [6.45, 7) is 13.5. The third kappa shape index (κ3) is 4.43. The molecular weight excluding hydrogens is 172 g/mol. The van der Waals surface area contributed by atoms with Crippen molar-refractivity contribution in [3.05, 3.63) is 0 Å². The molecule has 0 heterocycles. The van der Waals surface area contributed by atoms with Crippen LogP contribution in [0, 0.1) is 5.92 Å². The molecule has 0 spiro atoms. The minimum absolute atomic E-state index is 0.657. The molecule has 0 aromatic carbocycles. The fraction of sp³-hybridized carbons (Fsp3) is 1.00. The smallest absolute Gasteiger partial charge is 0.0243 e. The molecule has 0 fully saturated rings. The van der Waals surface area contributed by atoms with Crippen LogP contribution in [-0.4, -0.2) is 37.1 Å². The molecule has 0 saturated carbocycles. The van der Waals surface area contributed by atoms with Crippen molar-refractivity contribution in [1.29, 1.82) is 0 Å². The number of nitrogens with one attached hydrogen (secondary N) is 1. The van der Waals surface area contributed by atoms with Crippen LogP contribution in [-0.2, 0) is 0 Å². The number of hydrogen-bond acceptors (Lipinski definition) is 2. The number of hydrogen-bond donors (Lipinski definition) is 1. The predicted octanol–water partition coefficient (Wildman–Crippen LogP) is 2.35. The third-order valence-corrected chi connectivity index (χ3v) is 3.18. The molecule has 86 valence electrons. The van der Waals surface area contributed by atoms with Crippen LogP contribution in [0.25, 0.3) is 0 Å². The van der Waals surface area contributed by atoms with Crippen molar-refractivity contribution in [2.45, 2.75) is 53.1 Å². The molecule has 0 aliphatic heterocycles. The fourth-order valence-corrected chi connectivity index (χ4v) is 1.76. The van der Waals surface area contributed by atoms with Gasteiger partial charge in [0.15, 0.2) is 0 Å². The average molecular weight is 200 g/mol. The largest absolute Gasteiger partial charge is 0.315 e. The summed E-state index contributed by atoms with van der Waals surface area (Å²) in [4.78, 5) is 2.51. The van der Waals surface area contributed by atoms with Gasteiger partial charge in [-0.1, -0.05) is 27.7 Å². The summed E-state index contributed by atoms with van der Waals surface area (Å²) in [5.41, 5.74) is 0. The van der Waals surface area contributed by atoms with E-state index in [0.29, 0.717) is 18.0 Å². The zero-order valence-electron chi connectivity index (χ0n) is 10.8. The van der Waals surface area contributed by atoms with Crippen molar-refractivity contribution in [3.8, 4) is 0 Å². The Morgan fingerprint density at radius 2 is 1.71 bits per heavy atom. The first-order chi connectivity index (χ1) is 6.54. The molecule has 2 nitrogen and oxygen atoms in total. The summed E-state index contributed by atoms with van der Waals surface area (Å²) in [5.74, 6) is 0.716. The van der Waals surface area contributed by atoms with Crippen molar-refractivity contribution in [3.63, 3.8) is 0 Å². The molecule has 0 amide bonds. The Morgan fingerprint density at radius 1 is 1.14 bits per heavy atom. The van der Waals surface area contributed by atoms with Gasteiger partial charge < -0.3 is 5.32 Å². The van der Waals surface area contributed by atoms with E-state index in [4.69, 9.17) is 0 Å². The molecule has 2 heteroatoms. The lowest BCUT2D eigenvalue weighted by Crippen LogP contribution is -2.47. The first kappa shape index (κ1) is 13.9. The molecule has 0 aromatic heterocycles. The van der Waals surface area contributed by atoms with E-state index in [2.05, 4.69) is 51.9 Å². The molecule has 0 rings (SSSR count). The quantitative estimate of drug-likeness (QED) is 0.678. The van der Waals surface area contributed by atoms with Crippen molar-refractivity contribution >= 4 is 0 Å². The molecule has 0 aliphatic rings. The molecule has 0 saturated heterocycles. The summed E-state index contributed by atoms with van der Waals surface area (Å²) in [5, 5.41) is 3.45. The third-order valence-electron chi connectivity index (χ3n) is 3.18. The normalized spacial score (nSPS) is 16.3. The maximum Gasteiger partial charge on any atom is 0.0243 e. The van der Waals surface area contributed by atoms with Gasteiger partial charge in [0.25, 0.3) is 0 Å². The molecule has 0 radical (unpaired) electrons. The van der Waals surface area contributed by atoms with Gasteiger partial charge in [-0.2, -0.15) is 0 Å². The summed E-state index contributed by atoms with van der Waals surface area (Å²) in [6, 6.07) is 1.34. The van der Waals surface area contributed by atoms with E-state index in [-0.39, 0.29) is 0 Å². The highest BCUT2D eigenvalue weighted by Crippen LogP contribution is 2.13. The van der Waals surface area contributed by atoms with Crippen molar-refractivity contribution in [2.75, 3.05) is 20.1 Å². The highest BCUT2D eigenvalue weighted by Gasteiger charge is 2.20. The predicted molar refractivity (Wildman–Crippen MR) is 64.7 cm³/mol. The van der Waals surface area contributed by atoms with Gasteiger partial charge in [-0.3, -0.25) is 4.90 Å². The van der Waals surface area contributed by atoms with E-state index in [9.17, 15) is 0 Å². The van der Waals surface area contributed by atoms with Gasteiger partial charge in [0.1, 0.15) is 0 Å². The Kier molecular flexibility index (Phi) is 7.20. The van der Waals surface area contributed by atoms with Crippen LogP contribution < -0.4 is 5.32 Å². The van der Waals surface area contributed by atoms with E-state index < -0.39 is 0 Å². The summed E-state index contributed by atoms with van der Waals surface area (Å²) in [6.07, 6.45) is 1.23. The maximum absolute atomic E-state index is 3.45. The van der Waals surface area contributed by atoms with E-state index in [1.165, 1.54) is 6.42 Å². The molecule has 0 bridgehead atoms. The second-order valence-electron chi connectivity index (χ2n) is 4.54. The average Bonchev–Trinajstić information content (AvgIpc) is 2.16. The Labute approximate surface area is 90.1 Å². The second kappa shape index (κ2) is 7.24. The van der Waals surface area contributed by atoms with Crippen molar-refractivity contribution in [1.82, 2.24) is 10.2 Å². The zero-order chi connectivity index (χ0) is 11.1. The van der Waals surface area contributed by atoms with E-state index >= 15 is 0 Å². The first-order valence-electron chi connectivity index (χ1n) is 5.97. The minimum atomic E-state index is 0.657. The zero-order valence-corrected chi connectivity index (χ0v) is 10.8. The van der Waals surface area contributed by atoms with Gasteiger partial charge in [-0.25, -0.2) is 0 Å². The maximum atomic E-state index is 3.45. The Balaban J connectivity index is 4.17. The number of likely N-dealkylation sites (N-methyl/N-ethyl adjacent to an activating group) is 2. The lowest BCUT2D eigenvalue weighted by molar-refractivity contribution is 0.139. The van der Waals surface area contributed by atoms with Gasteiger partial charge in [0, 0.05) is 18.6 Å². The van der Waals surface area contributed by atoms with Crippen LogP contribution in [0.1, 0.15) is 41.0 Å². The summed E-state index contributed by atoms with van der Waals surface area (Å²) < 4.78 is 0. The van der Waals surface area contributed by atoms with Gasteiger partial charge in [0.2, 0.25) is 0 Å². The Morgan fingerprint density at radius 3 is 2.07 bits per heavy atom. The number of nitrogens with zero attached hydrogens (tertiary/aromatic N) is 1. The van der Waals surface area contributed by atoms with Gasteiger partial charge >= 0.3 is 0 Å². The van der Waals surface area contributed by atoms with E-state index in [1.54, 1.807) is 0 Å². The highest BCUT2D eigenvalue weighted by atomic mass is 15.2.